The van der Waals surface area contributed by atoms with Crippen molar-refractivity contribution in [2.45, 2.75) is 18.7 Å². The van der Waals surface area contributed by atoms with Crippen LogP contribution < -0.4 is 0 Å². The summed E-state index contributed by atoms with van der Waals surface area (Å²) in [5.74, 6) is 0. The Labute approximate surface area is 100 Å². The zero-order chi connectivity index (χ0) is 11.9. The van der Waals surface area contributed by atoms with E-state index in [9.17, 15) is 4.57 Å². The highest BCUT2D eigenvalue weighted by Gasteiger charge is 2.23. The summed E-state index contributed by atoms with van der Waals surface area (Å²) < 4.78 is 22.5. The Morgan fingerprint density at radius 1 is 1.25 bits per heavy atom. The van der Waals surface area contributed by atoms with Crippen molar-refractivity contribution in [3.05, 3.63) is 24.5 Å². The van der Waals surface area contributed by atoms with Crippen molar-refractivity contribution in [2.24, 2.45) is 0 Å². The third-order valence-electron chi connectivity index (χ3n) is 1.69. The van der Waals surface area contributed by atoms with E-state index in [0.29, 0.717) is 18.7 Å². The third kappa shape index (κ3) is 4.66. The Balaban J connectivity index is 2.53. The lowest BCUT2D eigenvalue weighted by atomic mass is 10.5. The molecule has 0 unspecified atom stereocenters. The van der Waals surface area contributed by atoms with Gasteiger partial charge in [-0.25, -0.2) is 0 Å². The molecule has 0 aliphatic carbocycles. The molecule has 1 heterocycles. The van der Waals surface area contributed by atoms with Gasteiger partial charge in [0.25, 0.3) is 0 Å². The summed E-state index contributed by atoms with van der Waals surface area (Å²) in [6.07, 6.45) is 3.41. The molecule has 4 nitrogen and oxygen atoms in total. The fourth-order valence-electron chi connectivity index (χ4n) is 1.09. The van der Waals surface area contributed by atoms with E-state index in [1.807, 2.05) is 26.0 Å². The lowest BCUT2D eigenvalue weighted by Gasteiger charge is -2.16. The largest absolute Gasteiger partial charge is 0.340 e. The van der Waals surface area contributed by atoms with E-state index in [0.717, 1.165) is 4.90 Å². The van der Waals surface area contributed by atoms with Gasteiger partial charge >= 0.3 is 7.60 Å². The number of nitrogens with zero attached hydrogens (tertiary/aromatic N) is 1. The molecule has 0 saturated heterocycles. The highest BCUT2D eigenvalue weighted by Crippen LogP contribution is 2.51. The van der Waals surface area contributed by atoms with Crippen molar-refractivity contribution in [1.82, 2.24) is 4.98 Å². The number of pyridine rings is 1. The quantitative estimate of drug-likeness (QED) is 0.556. The minimum absolute atomic E-state index is 0.332. The molecule has 0 atom stereocenters. The summed E-state index contributed by atoms with van der Waals surface area (Å²) in [5.41, 5.74) is 0.332. The minimum atomic E-state index is -2.94. The Bertz CT molecular complexity index is 337. The van der Waals surface area contributed by atoms with Gasteiger partial charge in [-0.05, 0) is 26.0 Å². The second-order valence-corrected chi connectivity index (χ2v) is 6.43. The fraction of sp³-hybridized carbons (Fsp3) is 0.500. The molecule has 0 spiro atoms. The second kappa shape index (κ2) is 7.07. The van der Waals surface area contributed by atoms with Crippen LogP contribution >= 0.6 is 19.4 Å². The molecule has 1 aromatic rings. The Hall–Kier alpha value is -0.350. The van der Waals surface area contributed by atoms with Gasteiger partial charge in [-0.1, -0.05) is 0 Å². The maximum atomic E-state index is 12.1. The Morgan fingerprint density at radius 2 is 1.81 bits per heavy atom. The summed E-state index contributed by atoms with van der Waals surface area (Å²) >= 11 is 1.45. The van der Waals surface area contributed by atoms with Crippen molar-refractivity contribution in [1.29, 1.82) is 0 Å². The van der Waals surface area contributed by atoms with Gasteiger partial charge in [0.2, 0.25) is 0 Å². The maximum absolute atomic E-state index is 12.1. The lowest BCUT2D eigenvalue weighted by molar-refractivity contribution is 0.224. The summed E-state index contributed by atoms with van der Waals surface area (Å²) in [7, 11) is -2.94. The Kier molecular flexibility index (Phi) is 6.06. The standard InChI is InChI=1S/C10H16NO3PS/c1-3-13-15(12,14-4-2)9-16-10-5-7-11-8-6-10/h5-8H,3-4,9H2,1-2H3. The first-order valence-electron chi connectivity index (χ1n) is 5.11. The van der Waals surface area contributed by atoms with Gasteiger partial charge < -0.3 is 9.05 Å². The molecule has 1 rings (SSSR count). The van der Waals surface area contributed by atoms with Gasteiger partial charge in [0.15, 0.2) is 0 Å². The van der Waals surface area contributed by atoms with Crippen LogP contribution in [0.2, 0.25) is 0 Å². The topological polar surface area (TPSA) is 48.4 Å². The summed E-state index contributed by atoms with van der Waals surface area (Å²) in [4.78, 5) is 4.93. The van der Waals surface area contributed by atoms with E-state index >= 15 is 0 Å². The first-order chi connectivity index (χ1) is 7.70. The first kappa shape index (κ1) is 13.7. The molecular weight excluding hydrogens is 245 g/mol. The zero-order valence-corrected chi connectivity index (χ0v) is 11.2. The number of aromatic nitrogens is 1. The number of hydrogen-bond donors (Lipinski definition) is 0. The molecule has 0 N–H and O–H groups in total. The number of thioether (sulfide) groups is 1. The Morgan fingerprint density at radius 3 is 2.31 bits per heavy atom. The van der Waals surface area contributed by atoms with Crippen LogP contribution in [0.25, 0.3) is 0 Å². The van der Waals surface area contributed by atoms with Crippen molar-refractivity contribution in [3.8, 4) is 0 Å². The molecule has 0 radical (unpaired) electrons. The van der Waals surface area contributed by atoms with Gasteiger partial charge in [-0.3, -0.25) is 9.55 Å². The average molecular weight is 261 g/mol. The number of hydrogen-bond acceptors (Lipinski definition) is 5. The van der Waals surface area contributed by atoms with Crippen LogP contribution in [0.1, 0.15) is 13.8 Å². The van der Waals surface area contributed by atoms with Crippen molar-refractivity contribution >= 4 is 19.4 Å². The van der Waals surface area contributed by atoms with Crippen LogP contribution in [-0.4, -0.2) is 23.7 Å². The highest BCUT2D eigenvalue weighted by atomic mass is 32.2. The molecular formula is C10H16NO3PS. The first-order valence-corrected chi connectivity index (χ1v) is 7.82. The SMILES string of the molecule is CCOP(=O)(CSc1ccncc1)OCC. The molecule has 0 amide bonds. The van der Waals surface area contributed by atoms with Gasteiger partial charge in [0.05, 0.1) is 13.2 Å². The van der Waals surface area contributed by atoms with Crippen molar-refractivity contribution in [3.63, 3.8) is 0 Å². The van der Waals surface area contributed by atoms with Gasteiger partial charge in [-0.2, -0.15) is 0 Å². The van der Waals surface area contributed by atoms with Crippen molar-refractivity contribution in [2.75, 3.05) is 18.7 Å². The van der Waals surface area contributed by atoms with Gasteiger partial charge in [-0.15, -0.1) is 11.8 Å². The zero-order valence-electron chi connectivity index (χ0n) is 9.46. The van der Waals surface area contributed by atoms with Crippen LogP contribution in [0, 0.1) is 0 Å². The molecule has 0 aliphatic heterocycles. The van der Waals surface area contributed by atoms with E-state index in [-0.39, 0.29) is 0 Å². The van der Waals surface area contributed by atoms with Crippen LogP contribution in [0.4, 0.5) is 0 Å². The van der Waals surface area contributed by atoms with E-state index in [1.54, 1.807) is 12.4 Å². The van der Waals surface area contributed by atoms with Gasteiger partial charge in [0.1, 0.15) is 5.49 Å². The molecule has 0 fully saturated rings. The lowest BCUT2D eigenvalue weighted by Crippen LogP contribution is -1.97. The van der Waals surface area contributed by atoms with Crippen LogP contribution in [0.5, 0.6) is 0 Å². The molecule has 6 heteroatoms. The van der Waals surface area contributed by atoms with E-state index in [2.05, 4.69) is 4.98 Å². The molecule has 0 bridgehead atoms. The summed E-state index contributed by atoms with van der Waals surface area (Å²) in [6.45, 7) is 4.41. The maximum Gasteiger partial charge on any atom is 0.340 e. The average Bonchev–Trinajstić information content (AvgIpc) is 2.29. The van der Waals surface area contributed by atoms with Crippen LogP contribution in [0.3, 0.4) is 0 Å². The van der Waals surface area contributed by atoms with E-state index in [1.165, 1.54) is 11.8 Å². The third-order valence-corrected chi connectivity index (χ3v) is 5.38. The summed E-state index contributed by atoms with van der Waals surface area (Å²) in [6, 6.07) is 3.74. The molecule has 1 aromatic heterocycles. The molecule has 0 saturated carbocycles. The van der Waals surface area contributed by atoms with Crippen LogP contribution in [-0.2, 0) is 13.6 Å². The van der Waals surface area contributed by atoms with Crippen molar-refractivity contribution < 1.29 is 13.6 Å². The molecule has 0 aromatic carbocycles. The minimum Gasteiger partial charge on any atom is -0.308 e. The number of rotatable bonds is 7. The fourth-order valence-corrected chi connectivity index (χ4v) is 4.09. The smallest absolute Gasteiger partial charge is 0.308 e. The second-order valence-electron chi connectivity index (χ2n) is 2.90. The van der Waals surface area contributed by atoms with Gasteiger partial charge in [0, 0.05) is 17.3 Å². The monoisotopic (exact) mass is 261 g/mol. The molecule has 90 valence electrons. The van der Waals surface area contributed by atoms with E-state index in [4.69, 9.17) is 9.05 Å². The predicted molar refractivity (Wildman–Crippen MR) is 65.8 cm³/mol. The summed E-state index contributed by atoms with van der Waals surface area (Å²) in [5, 5.41) is 0. The normalized spacial score (nSPS) is 11.6. The van der Waals surface area contributed by atoms with E-state index < -0.39 is 7.60 Å². The predicted octanol–water partition coefficient (Wildman–Crippen LogP) is 3.40. The molecule has 16 heavy (non-hydrogen) atoms. The highest BCUT2D eigenvalue weighted by molar-refractivity contribution is 8.04. The van der Waals surface area contributed by atoms with Crippen LogP contribution in [0.15, 0.2) is 29.4 Å². The molecule has 0 aliphatic rings.